The maximum Gasteiger partial charge on any atom is 0.340 e. The second-order valence-electron chi connectivity index (χ2n) is 6.23. The Morgan fingerprint density at radius 2 is 1.74 bits per heavy atom. The largest absolute Gasteiger partial charge is 0.493 e. The van der Waals surface area contributed by atoms with Crippen molar-refractivity contribution in [1.29, 1.82) is 0 Å². The van der Waals surface area contributed by atoms with E-state index in [0.29, 0.717) is 17.1 Å². The van der Waals surface area contributed by atoms with Gasteiger partial charge in [-0.3, -0.25) is 4.85 Å². The number of hydrogen-bond donors (Lipinski definition) is 0. The van der Waals surface area contributed by atoms with Crippen molar-refractivity contribution in [2.24, 2.45) is 0 Å². The van der Waals surface area contributed by atoms with Crippen LogP contribution in [-0.2, 0) is 16.3 Å². The molecule has 0 radical (unpaired) electrons. The van der Waals surface area contributed by atoms with E-state index in [4.69, 9.17) is 16.0 Å². The van der Waals surface area contributed by atoms with Gasteiger partial charge in [-0.2, -0.15) is 0 Å². The van der Waals surface area contributed by atoms with Gasteiger partial charge in [-0.15, -0.1) is 6.58 Å². The summed E-state index contributed by atoms with van der Waals surface area (Å²) in [5.74, 6) is 1.03. The molecule has 1 unspecified atom stereocenters. The van der Waals surface area contributed by atoms with Crippen molar-refractivity contribution in [3.8, 4) is 11.5 Å². The zero-order valence-corrected chi connectivity index (χ0v) is 16.5. The van der Waals surface area contributed by atoms with Gasteiger partial charge in [0.25, 0.3) is 9.84 Å². The van der Waals surface area contributed by atoms with Crippen LogP contribution in [0, 0.1) is 13.5 Å². The van der Waals surface area contributed by atoms with Crippen molar-refractivity contribution < 1.29 is 17.9 Å². The third-order valence-corrected chi connectivity index (χ3v) is 6.72. The van der Waals surface area contributed by atoms with Crippen molar-refractivity contribution >= 4 is 9.84 Å². The number of sulfone groups is 1. The normalized spacial score (nSPS) is 13.3. The minimum Gasteiger partial charge on any atom is -0.493 e. The Bertz CT molecular complexity index is 959. The minimum atomic E-state index is -3.92. The summed E-state index contributed by atoms with van der Waals surface area (Å²) in [6, 6.07) is 11.7. The van der Waals surface area contributed by atoms with Gasteiger partial charge in [-0.25, -0.2) is 15.0 Å². The van der Waals surface area contributed by atoms with Crippen LogP contribution in [0.2, 0.25) is 0 Å². The van der Waals surface area contributed by atoms with Gasteiger partial charge in [-0.05, 0) is 36.8 Å². The highest BCUT2D eigenvalue weighted by Gasteiger charge is 2.50. The zero-order chi connectivity index (χ0) is 20.1. The van der Waals surface area contributed by atoms with Gasteiger partial charge in [0.05, 0.1) is 32.0 Å². The molecule has 5 nitrogen and oxygen atoms in total. The van der Waals surface area contributed by atoms with E-state index in [-0.39, 0.29) is 17.7 Å². The first-order valence-corrected chi connectivity index (χ1v) is 9.83. The molecule has 0 amide bonds. The monoisotopic (exact) mass is 385 g/mol. The average molecular weight is 385 g/mol. The Morgan fingerprint density at radius 1 is 1.11 bits per heavy atom. The minimum absolute atomic E-state index is 0.0130. The van der Waals surface area contributed by atoms with Gasteiger partial charge in [0.15, 0.2) is 11.5 Å². The number of aryl methyl sites for hydroxylation is 1. The molecule has 27 heavy (non-hydrogen) atoms. The highest BCUT2D eigenvalue weighted by molar-refractivity contribution is 7.93. The molecule has 0 aliphatic carbocycles. The topological polar surface area (TPSA) is 57.0 Å². The Kier molecular flexibility index (Phi) is 6.29. The first-order chi connectivity index (χ1) is 12.8. The number of ether oxygens (including phenoxy) is 2. The van der Waals surface area contributed by atoms with Gasteiger partial charge in [-0.1, -0.05) is 29.8 Å². The van der Waals surface area contributed by atoms with Crippen LogP contribution in [0.3, 0.4) is 0 Å². The number of benzene rings is 2. The fraction of sp³-hybridized carbons (Fsp3) is 0.286. The van der Waals surface area contributed by atoms with E-state index in [9.17, 15) is 8.42 Å². The maximum absolute atomic E-state index is 13.4. The van der Waals surface area contributed by atoms with Crippen LogP contribution < -0.4 is 9.47 Å². The summed E-state index contributed by atoms with van der Waals surface area (Å²) in [6.45, 7) is 13.3. The lowest BCUT2D eigenvalue weighted by Crippen LogP contribution is -2.37. The van der Waals surface area contributed by atoms with Crippen molar-refractivity contribution in [3.63, 3.8) is 0 Å². The van der Waals surface area contributed by atoms with Crippen LogP contribution in [0.15, 0.2) is 60.0 Å². The van der Waals surface area contributed by atoms with Gasteiger partial charge in [0.1, 0.15) is 0 Å². The van der Waals surface area contributed by atoms with Gasteiger partial charge in [0.2, 0.25) is 0 Å². The third kappa shape index (κ3) is 3.99. The van der Waals surface area contributed by atoms with Crippen molar-refractivity contribution in [3.05, 3.63) is 77.7 Å². The molecule has 0 aromatic heterocycles. The summed E-state index contributed by atoms with van der Waals surface area (Å²) >= 11 is 0. The van der Waals surface area contributed by atoms with Crippen LogP contribution in [0.25, 0.3) is 4.85 Å². The first-order valence-electron chi connectivity index (χ1n) is 8.35. The summed E-state index contributed by atoms with van der Waals surface area (Å²) in [6.07, 6.45) is 1.50. The zero-order valence-electron chi connectivity index (χ0n) is 15.7. The second kappa shape index (κ2) is 8.28. The Labute approximate surface area is 161 Å². The SMILES string of the molecule is [C-]#[N+]C(CC=C)(Cc1ccc(OC)c(OC)c1)S(=O)(=O)c1ccc(C)cc1. The highest BCUT2D eigenvalue weighted by Crippen LogP contribution is 2.37. The molecule has 0 aliphatic rings. The van der Waals surface area contributed by atoms with Crippen molar-refractivity contribution in [2.75, 3.05) is 14.2 Å². The predicted octanol–water partition coefficient (Wildman–Crippen LogP) is 4.22. The van der Waals surface area contributed by atoms with Gasteiger partial charge < -0.3 is 9.47 Å². The van der Waals surface area contributed by atoms with E-state index in [0.717, 1.165) is 5.56 Å². The lowest BCUT2D eigenvalue weighted by atomic mass is 10.0. The average Bonchev–Trinajstić information content (AvgIpc) is 2.67. The van der Waals surface area contributed by atoms with Crippen LogP contribution in [0.1, 0.15) is 17.5 Å². The Balaban J connectivity index is 2.55. The van der Waals surface area contributed by atoms with Crippen molar-refractivity contribution in [1.82, 2.24) is 0 Å². The molecule has 6 heteroatoms. The summed E-state index contributed by atoms with van der Waals surface area (Å²) in [5.41, 5.74) is 1.62. The van der Waals surface area contributed by atoms with E-state index in [2.05, 4.69) is 11.4 Å². The highest BCUT2D eigenvalue weighted by atomic mass is 32.2. The molecular formula is C21H23NO4S. The number of rotatable bonds is 8. The molecular weight excluding hydrogens is 362 g/mol. The fourth-order valence-electron chi connectivity index (χ4n) is 2.89. The predicted molar refractivity (Wildman–Crippen MR) is 106 cm³/mol. The standard InChI is InChI=1S/C21H23NO4S/c1-6-13-21(22-3,27(23,24)18-10-7-16(2)8-11-18)15-17-9-12-19(25-4)20(14-17)26-5/h6-12,14H,1,13,15H2,2,4-5H3. The Morgan fingerprint density at radius 3 is 2.26 bits per heavy atom. The Hall–Kier alpha value is -2.78. The third-order valence-electron chi connectivity index (χ3n) is 4.43. The number of hydrogen-bond acceptors (Lipinski definition) is 4. The smallest absolute Gasteiger partial charge is 0.340 e. The summed E-state index contributed by atoms with van der Waals surface area (Å²) in [4.78, 5) is 2.05. The van der Waals surface area contributed by atoms with Crippen LogP contribution in [0.4, 0.5) is 0 Å². The summed E-state index contributed by atoms with van der Waals surface area (Å²) in [5, 5.41) is 0. The maximum atomic E-state index is 13.4. The molecule has 2 aromatic carbocycles. The molecule has 0 fully saturated rings. The summed E-state index contributed by atoms with van der Waals surface area (Å²) in [7, 11) is -0.884. The molecule has 0 spiro atoms. The molecule has 0 saturated heterocycles. The lowest BCUT2D eigenvalue weighted by molar-refractivity contribution is 0.354. The molecule has 1 atom stereocenters. The molecule has 0 bridgehead atoms. The van der Waals surface area contributed by atoms with E-state index in [1.54, 1.807) is 42.5 Å². The van der Waals surface area contributed by atoms with Crippen LogP contribution in [0.5, 0.6) is 11.5 Å². The molecule has 0 N–H and O–H groups in total. The quantitative estimate of drug-likeness (QED) is 0.504. The molecule has 0 saturated carbocycles. The van der Waals surface area contributed by atoms with Crippen LogP contribution in [-0.4, -0.2) is 27.5 Å². The van der Waals surface area contributed by atoms with E-state index >= 15 is 0 Å². The van der Waals surface area contributed by atoms with Crippen LogP contribution >= 0.6 is 0 Å². The fourth-order valence-corrected chi connectivity index (χ4v) is 4.64. The molecule has 0 aliphatic heterocycles. The van der Waals surface area contributed by atoms with E-state index in [1.807, 2.05) is 6.92 Å². The van der Waals surface area contributed by atoms with E-state index in [1.165, 1.54) is 20.3 Å². The van der Waals surface area contributed by atoms with Gasteiger partial charge in [0, 0.05) is 0 Å². The molecule has 2 rings (SSSR count). The summed E-state index contributed by atoms with van der Waals surface area (Å²) < 4.78 is 37.2. The number of nitrogens with zero attached hydrogens (tertiary/aromatic N) is 1. The van der Waals surface area contributed by atoms with Gasteiger partial charge >= 0.3 is 4.87 Å². The second-order valence-corrected chi connectivity index (χ2v) is 8.47. The molecule has 2 aromatic rings. The molecule has 142 valence electrons. The molecule has 0 heterocycles. The number of methoxy groups -OCH3 is 2. The van der Waals surface area contributed by atoms with E-state index < -0.39 is 14.7 Å². The van der Waals surface area contributed by atoms with Crippen molar-refractivity contribution in [2.45, 2.75) is 29.5 Å². The lowest BCUT2D eigenvalue weighted by Gasteiger charge is -2.22. The first kappa shape index (κ1) is 20.5.